The van der Waals surface area contributed by atoms with Crippen molar-refractivity contribution in [2.45, 2.75) is 172 Å². The standard InChI is InChI=1S/C35H36ClF2N9O2.C33H34F5N7O2.C32H30F4N8O3/c1-19-15-45(27(48)6-3-11-44-16-22(37)17-44)12-13-46(19)33-23-14-24(36)31(28-25(38)4-2-5-26(28)39)42-34(23)47(35(49)43-33)32-29(20-7-8-20)40-18-41-30(32)21-9-10-21;1-7-25(46)43-11-12-44(18(6)15-43)30-20-13-22(35)28(26-21(34)9-8-10-23(26)39)41-31(20)45(32(47)42-30)29-19(16(2)3)14-24(33(36,37)38)40-27(29)17(4)5;1-3-22(45)42-11-12-43(15(2)14-42)28-18-13-20(34)26(23-19(33)5-4-6-21(23)37)38-29(18)44(32(46)41-28)27-24(16-7-8-16)39-31(47-30(35)36)40-25(27)17-9-10-17/h2-6,14,18-22H,7-13,15-17,39H2,1H3;7-10,13-14,16-18H,1,11-12,15,39H2,2-6H3;3-6,13,15-17,30H,1,7-12,14,37H2,2H3/b6-3+;;/t19-;18-;15-/m000/s1. The number of carbonyl (C=O) groups is 3. The molecular formula is C100H100ClF11N24O7. The molecule has 6 N–H and O–H groups in total. The molecule has 0 unspecified atom stereocenters. The predicted octanol–water partition coefficient (Wildman–Crippen LogP) is 15.5. The van der Waals surface area contributed by atoms with E-state index < -0.39 is 106 Å². The highest BCUT2D eigenvalue weighted by Gasteiger charge is 2.44. The number of hydrogen-bond acceptors (Lipinski definition) is 25. The molecular weight excluding hydrogens is 1890 g/mol. The predicted molar refractivity (Wildman–Crippen MR) is 517 cm³/mol. The molecule has 31 nitrogen and oxygen atoms in total. The van der Waals surface area contributed by atoms with Crippen LogP contribution in [0.15, 0.2) is 137 Å². The maximum atomic E-state index is 16.1. The summed E-state index contributed by atoms with van der Waals surface area (Å²) in [4.78, 5) is 142. The van der Waals surface area contributed by atoms with Gasteiger partial charge in [0.25, 0.3) is 0 Å². The number of nitrogens with two attached hydrogens (primary N) is 3. The van der Waals surface area contributed by atoms with Gasteiger partial charge >= 0.3 is 35.9 Å². The number of halogens is 12. The average Bonchev–Trinajstić information content (AvgIpc) is 1.67. The number of amides is 3. The van der Waals surface area contributed by atoms with E-state index in [2.05, 4.69) is 67.7 Å². The minimum absolute atomic E-state index is 0.0260. The van der Waals surface area contributed by atoms with Crippen molar-refractivity contribution < 1.29 is 67.4 Å². The van der Waals surface area contributed by atoms with E-state index >= 15 is 22.0 Å². The number of benzene rings is 3. The van der Waals surface area contributed by atoms with Crippen molar-refractivity contribution in [3.05, 3.63) is 228 Å². The summed E-state index contributed by atoms with van der Waals surface area (Å²) in [5.41, 5.74) is 16.7. The second-order valence-electron chi connectivity index (χ2n) is 37.7. The number of ether oxygens (including phenoxy) is 1. The third-order valence-corrected chi connectivity index (χ3v) is 27.1. The summed E-state index contributed by atoms with van der Waals surface area (Å²) in [6, 6.07) is 15.4. The van der Waals surface area contributed by atoms with Crippen LogP contribution in [0.3, 0.4) is 0 Å². The average molecular weight is 1990 g/mol. The van der Waals surface area contributed by atoms with Crippen LogP contribution in [0, 0.1) is 29.1 Å². The van der Waals surface area contributed by atoms with Gasteiger partial charge in [0.05, 0.1) is 89.1 Å². The number of likely N-dealkylation sites (tertiary alicyclic amines) is 1. The highest BCUT2D eigenvalue weighted by Crippen LogP contribution is 2.52. The fourth-order valence-electron chi connectivity index (χ4n) is 19.1. The summed E-state index contributed by atoms with van der Waals surface area (Å²) in [5, 5.41) is 0.829. The van der Waals surface area contributed by atoms with Gasteiger partial charge < -0.3 is 51.3 Å². The molecule has 20 rings (SSSR count). The first-order valence-corrected chi connectivity index (χ1v) is 47.5. The molecule has 3 atom stereocenters. The van der Waals surface area contributed by atoms with Crippen LogP contribution in [0.5, 0.6) is 6.01 Å². The van der Waals surface area contributed by atoms with Crippen molar-refractivity contribution in [3.8, 4) is 56.8 Å². The Morgan fingerprint density at radius 3 is 1.22 bits per heavy atom. The van der Waals surface area contributed by atoms with Crippen molar-refractivity contribution >= 4 is 96.9 Å². The van der Waals surface area contributed by atoms with Crippen LogP contribution in [0.25, 0.3) is 83.9 Å². The van der Waals surface area contributed by atoms with E-state index in [4.69, 9.17) is 33.8 Å². The molecule has 12 aromatic rings. The van der Waals surface area contributed by atoms with Crippen molar-refractivity contribution in [1.29, 1.82) is 0 Å². The number of nitrogens with zero attached hydrogens (tertiary/aromatic N) is 21. The summed E-state index contributed by atoms with van der Waals surface area (Å²) in [5.74, 6) is -5.34. The Morgan fingerprint density at radius 1 is 0.483 bits per heavy atom. The van der Waals surface area contributed by atoms with Gasteiger partial charge in [-0.15, -0.1) is 0 Å². The molecule has 4 saturated carbocycles. The van der Waals surface area contributed by atoms with Gasteiger partial charge in [-0.1, -0.05) is 76.7 Å². The normalized spacial score (nSPS) is 18.1. The highest BCUT2D eigenvalue weighted by atomic mass is 35.5. The van der Waals surface area contributed by atoms with Gasteiger partial charge in [0.2, 0.25) is 17.7 Å². The third-order valence-electron chi connectivity index (χ3n) is 26.8. The number of alkyl halides is 6. The Kier molecular flexibility index (Phi) is 27.2. The van der Waals surface area contributed by atoms with E-state index in [-0.39, 0.29) is 199 Å². The van der Waals surface area contributed by atoms with Crippen molar-refractivity contribution in [1.82, 2.24) is 88.1 Å². The summed E-state index contributed by atoms with van der Waals surface area (Å²) in [7, 11) is 0. The fourth-order valence-corrected chi connectivity index (χ4v) is 19.3. The van der Waals surface area contributed by atoms with E-state index in [9.17, 15) is 55.1 Å². The number of fused-ring (bicyclic) bond motifs is 3. The Balaban J connectivity index is 0.000000141. The molecule has 43 heteroatoms. The fraction of sp³-hybridized carbons (Fsp3) is 0.390. The maximum absolute atomic E-state index is 16.1. The van der Waals surface area contributed by atoms with Crippen LogP contribution >= 0.6 is 11.6 Å². The number of carbonyl (C=O) groups excluding carboxylic acids is 3. The number of nitrogen functional groups attached to an aromatic ring is 3. The van der Waals surface area contributed by atoms with E-state index in [0.717, 1.165) is 72.0 Å². The minimum Gasteiger partial charge on any atom is -0.401 e. The molecule has 0 radical (unpaired) electrons. The SMILES string of the molecule is C=CC(=O)N1CCN(c2nc(=O)n(-c3c(C(C)C)cc(C(F)(F)F)nc3C(C)C)c3nc(-c4c(N)cccc4F)c(F)cc23)[C@@H](C)C1.C=CC(=O)N1CCN(c2nc(=O)n(-c3c(C4CC4)nc(OC(F)F)nc3C3CC3)c3nc(-c4c(N)cccc4F)c(F)cc23)[C@@H](C)C1.C[C@H]1CN(C(=O)/C=C/CN2CC(F)C2)CCN1c1nc(=O)n(-c2c(C3CC3)ncnc2C2CC2)c2nc(-c3c(N)cccc3F)c(Cl)cc12. The van der Waals surface area contributed by atoms with Crippen molar-refractivity contribution in [2.24, 2.45) is 0 Å². The van der Waals surface area contributed by atoms with Crippen LogP contribution < -0.4 is 53.7 Å². The van der Waals surface area contributed by atoms with E-state index in [1.165, 1.54) is 57.7 Å². The summed E-state index contributed by atoms with van der Waals surface area (Å²) in [6.07, 6.45) is 8.29. The minimum atomic E-state index is -4.77. The largest absolute Gasteiger partial charge is 0.433 e. The van der Waals surface area contributed by atoms with E-state index in [1.807, 2.05) is 23.6 Å². The molecule has 3 aromatic carbocycles. The zero-order valence-electron chi connectivity index (χ0n) is 78.8. The van der Waals surface area contributed by atoms with Gasteiger partial charge in [-0.2, -0.15) is 46.9 Å². The quantitative estimate of drug-likeness (QED) is 0.0322. The van der Waals surface area contributed by atoms with Crippen LogP contribution in [0.1, 0.15) is 175 Å². The second kappa shape index (κ2) is 39.5. The van der Waals surface area contributed by atoms with Crippen molar-refractivity contribution in [2.75, 3.05) is 110 Å². The number of anilines is 6. The van der Waals surface area contributed by atoms with Gasteiger partial charge in [-0.3, -0.25) is 19.3 Å². The molecule has 4 aliphatic carbocycles. The second-order valence-corrected chi connectivity index (χ2v) is 38.1. The van der Waals surface area contributed by atoms with Gasteiger partial charge in [0.1, 0.15) is 64.5 Å². The van der Waals surface area contributed by atoms with Gasteiger partial charge in [-0.05, 0) is 162 Å². The van der Waals surface area contributed by atoms with Crippen LogP contribution in [-0.2, 0) is 20.6 Å². The molecule has 746 valence electrons. The van der Waals surface area contributed by atoms with Gasteiger partial charge in [-0.25, -0.2) is 84.3 Å². The highest BCUT2D eigenvalue weighted by molar-refractivity contribution is 6.34. The molecule has 13 heterocycles. The van der Waals surface area contributed by atoms with Gasteiger partial charge in [0.15, 0.2) is 28.6 Å². The first-order valence-electron chi connectivity index (χ1n) is 47.1. The third kappa shape index (κ3) is 19.6. The van der Waals surface area contributed by atoms with E-state index in [1.54, 1.807) is 89.7 Å². The zero-order valence-corrected chi connectivity index (χ0v) is 79.6. The monoisotopic (exact) mass is 1990 g/mol. The molecule has 4 aliphatic heterocycles. The first kappa shape index (κ1) is 98.7. The zero-order chi connectivity index (χ0) is 102. The van der Waals surface area contributed by atoms with Crippen molar-refractivity contribution in [3.63, 3.8) is 0 Å². The molecule has 3 amide bonds. The summed E-state index contributed by atoms with van der Waals surface area (Å²) in [6.45, 7) is 20.2. The number of pyridine rings is 4. The Hall–Kier alpha value is -14.5. The smallest absolute Gasteiger partial charge is 0.401 e. The molecule has 4 saturated heterocycles. The Morgan fingerprint density at radius 2 is 0.860 bits per heavy atom. The summed E-state index contributed by atoms with van der Waals surface area (Å²) < 4.78 is 168. The van der Waals surface area contributed by atoms with Gasteiger partial charge in [0, 0.05) is 143 Å². The Labute approximate surface area is 816 Å². The lowest BCUT2D eigenvalue weighted by atomic mass is 9.95. The molecule has 0 bridgehead atoms. The number of rotatable bonds is 22. The molecule has 143 heavy (non-hydrogen) atoms. The maximum Gasteiger partial charge on any atom is 0.433 e. The number of hydrogen-bond donors (Lipinski definition) is 3. The Bertz CT molecular complexity index is 7220. The number of piperazine rings is 3. The lowest BCUT2D eigenvalue weighted by Crippen LogP contribution is -2.54. The topological polar surface area (TPSA) is 369 Å². The lowest BCUT2D eigenvalue weighted by molar-refractivity contribution is -0.141. The van der Waals surface area contributed by atoms with Crippen LogP contribution in [0.4, 0.5) is 82.8 Å². The molecule has 8 aliphatic rings. The van der Waals surface area contributed by atoms with Crippen LogP contribution in [-0.4, -0.2) is 215 Å². The first-order chi connectivity index (χ1) is 68.3. The molecule has 8 fully saturated rings. The molecule has 0 spiro atoms. The molecule has 9 aromatic heterocycles. The lowest BCUT2D eigenvalue weighted by Gasteiger charge is -2.40. The van der Waals surface area contributed by atoms with Crippen LogP contribution in [0.2, 0.25) is 5.02 Å². The number of aromatic nitrogens is 14. The van der Waals surface area contributed by atoms with E-state index in [0.29, 0.717) is 93.2 Å². The summed E-state index contributed by atoms with van der Waals surface area (Å²) >= 11 is 6.88.